The minimum absolute atomic E-state index is 0.00306. The summed E-state index contributed by atoms with van der Waals surface area (Å²) >= 11 is 1.50. The van der Waals surface area contributed by atoms with Crippen LogP contribution in [-0.2, 0) is 12.8 Å². The third kappa shape index (κ3) is 4.06. The van der Waals surface area contributed by atoms with Gasteiger partial charge in [-0.3, -0.25) is 10.4 Å². The lowest BCUT2D eigenvalue weighted by Gasteiger charge is -2.12. The highest BCUT2D eigenvalue weighted by molar-refractivity contribution is 7.15. The summed E-state index contributed by atoms with van der Waals surface area (Å²) < 4.78 is 0. The molecule has 0 radical (unpaired) electrons. The fourth-order valence-corrected chi connectivity index (χ4v) is 2.58. The van der Waals surface area contributed by atoms with E-state index in [1.165, 1.54) is 11.3 Å². The summed E-state index contributed by atoms with van der Waals surface area (Å²) in [4.78, 5) is 17.1. The summed E-state index contributed by atoms with van der Waals surface area (Å²) in [6.45, 7) is 5.96. The Kier molecular flexibility index (Phi) is 4.73. The molecule has 3 N–H and O–H groups in total. The smallest absolute Gasteiger partial charge is 0.321 e. The molecule has 0 saturated carbocycles. The third-order valence-electron chi connectivity index (χ3n) is 2.77. The number of hydrogen-bond donors (Lipinski definition) is 3. The van der Waals surface area contributed by atoms with E-state index >= 15 is 0 Å². The number of carbonyl (C=O) groups is 1. The van der Waals surface area contributed by atoms with Crippen LogP contribution in [0.25, 0.3) is 0 Å². The van der Waals surface area contributed by atoms with Crippen LogP contribution in [0.4, 0.5) is 9.93 Å². The number of nitrogens with one attached hydrogen (secondary N) is 3. The van der Waals surface area contributed by atoms with Gasteiger partial charge in [0.05, 0.1) is 5.69 Å². The molecule has 0 saturated heterocycles. The lowest BCUT2D eigenvalue weighted by Crippen LogP contribution is -2.37. The van der Waals surface area contributed by atoms with Crippen LogP contribution < -0.4 is 10.6 Å². The van der Waals surface area contributed by atoms with Crippen molar-refractivity contribution in [1.82, 2.24) is 20.5 Å². The number of nitrogens with zero attached hydrogens (tertiary/aromatic N) is 2. The van der Waals surface area contributed by atoms with Gasteiger partial charge in [0.25, 0.3) is 0 Å². The summed E-state index contributed by atoms with van der Waals surface area (Å²) in [5, 5.41) is 13.3. The highest BCUT2D eigenvalue weighted by Gasteiger charge is 2.11. The molecule has 2 amide bonds. The van der Waals surface area contributed by atoms with Crippen molar-refractivity contribution in [1.29, 1.82) is 0 Å². The Hall–Kier alpha value is -1.89. The molecular weight excluding hydrogens is 274 g/mol. The maximum absolute atomic E-state index is 11.8. The van der Waals surface area contributed by atoms with Crippen LogP contribution in [0.5, 0.6) is 0 Å². The van der Waals surface area contributed by atoms with Crippen LogP contribution in [0.15, 0.2) is 12.3 Å². The van der Waals surface area contributed by atoms with E-state index in [9.17, 15) is 4.79 Å². The second-order valence-corrected chi connectivity index (χ2v) is 5.85. The summed E-state index contributed by atoms with van der Waals surface area (Å²) in [6.07, 6.45) is 3.40. The van der Waals surface area contributed by atoms with Crippen LogP contribution >= 0.6 is 11.3 Å². The van der Waals surface area contributed by atoms with Crippen LogP contribution in [0, 0.1) is 6.92 Å². The Balaban J connectivity index is 1.81. The van der Waals surface area contributed by atoms with E-state index in [2.05, 4.69) is 32.7 Å². The van der Waals surface area contributed by atoms with Crippen molar-refractivity contribution in [3.05, 3.63) is 28.5 Å². The SMILES string of the molecule is CCc1cnc(NC(=O)N[C@@H](C)Cc2cc(C)[nH]n2)s1. The van der Waals surface area contributed by atoms with Gasteiger partial charge in [0, 0.05) is 29.2 Å². The topological polar surface area (TPSA) is 82.7 Å². The van der Waals surface area contributed by atoms with Gasteiger partial charge in [-0.25, -0.2) is 9.78 Å². The number of anilines is 1. The number of aromatic amines is 1. The Bertz CT molecular complexity index is 577. The average molecular weight is 293 g/mol. The molecule has 0 aliphatic rings. The van der Waals surface area contributed by atoms with Crippen LogP contribution in [-0.4, -0.2) is 27.3 Å². The molecule has 0 fully saturated rings. The number of urea groups is 1. The first-order valence-corrected chi connectivity index (χ1v) is 7.41. The molecule has 0 aromatic carbocycles. The molecule has 108 valence electrons. The second-order valence-electron chi connectivity index (χ2n) is 4.73. The molecule has 0 spiro atoms. The van der Waals surface area contributed by atoms with Crippen LogP contribution in [0.1, 0.15) is 30.1 Å². The molecule has 0 unspecified atom stereocenters. The molecule has 0 aliphatic heterocycles. The molecule has 2 heterocycles. The summed E-state index contributed by atoms with van der Waals surface area (Å²) in [6, 6.07) is 1.75. The molecule has 0 bridgehead atoms. The molecule has 6 nitrogen and oxygen atoms in total. The number of aryl methyl sites for hydroxylation is 2. The van der Waals surface area contributed by atoms with Gasteiger partial charge in [-0.05, 0) is 26.3 Å². The van der Waals surface area contributed by atoms with Gasteiger partial charge in [0.15, 0.2) is 5.13 Å². The minimum atomic E-state index is -0.234. The van der Waals surface area contributed by atoms with Gasteiger partial charge in [0.1, 0.15) is 0 Å². The van der Waals surface area contributed by atoms with Gasteiger partial charge in [-0.1, -0.05) is 6.92 Å². The molecule has 7 heteroatoms. The zero-order chi connectivity index (χ0) is 14.5. The number of rotatable bonds is 5. The van der Waals surface area contributed by atoms with Crippen molar-refractivity contribution in [2.24, 2.45) is 0 Å². The molecule has 2 aromatic rings. The van der Waals surface area contributed by atoms with Crippen molar-refractivity contribution in [2.45, 2.75) is 39.7 Å². The quantitative estimate of drug-likeness (QED) is 0.792. The lowest BCUT2D eigenvalue weighted by atomic mass is 10.2. The van der Waals surface area contributed by atoms with E-state index < -0.39 is 0 Å². The van der Waals surface area contributed by atoms with Gasteiger partial charge in [-0.15, -0.1) is 11.3 Å². The van der Waals surface area contributed by atoms with E-state index in [1.54, 1.807) is 6.20 Å². The van der Waals surface area contributed by atoms with Gasteiger partial charge >= 0.3 is 6.03 Å². The molecule has 1 atom stereocenters. The Morgan fingerprint density at radius 1 is 1.55 bits per heavy atom. The van der Waals surface area contributed by atoms with E-state index in [-0.39, 0.29) is 12.1 Å². The number of carbonyl (C=O) groups excluding carboxylic acids is 1. The van der Waals surface area contributed by atoms with Crippen molar-refractivity contribution in [2.75, 3.05) is 5.32 Å². The fraction of sp³-hybridized carbons (Fsp3) is 0.462. The Labute approximate surface area is 122 Å². The van der Waals surface area contributed by atoms with Crippen LogP contribution in [0.3, 0.4) is 0 Å². The summed E-state index contributed by atoms with van der Waals surface area (Å²) in [7, 11) is 0. The van der Waals surface area contributed by atoms with E-state index in [0.29, 0.717) is 11.6 Å². The first-order chi connectivity index (χ1) is 9.56. The predicted octanol–water partition coefficient (Wildman–Crippen LogP) is 2.49. The molecule has 2 aromatic heterocycles. The number of hydrogen-bond acceptors (Lipinski definition) is 4. The second kappa shape index (κ2) is 6.51. The number of thiazole rings is 1. The van der Waals surface area contributed by atoms with E-state index in [0.717, 1.165) is 22.7 Å². The summed E-state index contributed by atoms with van der Waals surface area (Å²) in [5.41, 5.74) is 1.96. The monoisotopic (exact) mass is 293 g/mol. The normalized spacial score (nSPS) is 12.2. The zero-order valence-electron chi connectivity index (χ0n) is 11.9. The molecule has 2 rings (SSSR count). The Morgan fingerprint density at radius 3 is 2.95 bits per heavy atom. The minimum Gasteiger partial charge on any atom is -0.335 e. The largest absolute Gasteiger partial charge is 0.335 e. The van der Waals surface area contributed by atoms with Crippen molar-refractivity contribution < 1.29 is 4.79 Å². The summed E-state index contributed by atoms with van der Waals surface area (Å²) in [5.74, 6) is 0. The molecule has 20 heavy (non-hydrogen) atoms. The van der Waals surface area contributed by atoms with Gasteiger partial charge in [0.2, 0.25) is 0 Å². The standard InChI is InChI=1S/C13H19N5OS/c1-4-11-7-14-13(20-11)16-12(19)15-8(2)5-10-6-9(3)17-18-10/h6-8H,4-5H2,1-3H3,(H,17,18)(H2,14,15,16,19)/t8-/m0/s1. The van der Waals surface area contributed by atoms with Crippen molar-refractivity contribution in [3.8, 4) is 0 Å². The number of amides is 2. The van der Waals surface area contributed by atoms with E-state index in [1.807, 2.05) is 19.9 Å². The van der Waals surface area contributed by atoms with Crippen molar-refractivity contribution >= 4 is 22.5 Å². The number of H-pyrrole nitrogens is 1. The fourth-order valence-electron chi connectivity index (χ4n) is 1.83. The van der Waals surface area contributed by atoms with Crippen LogP contribution in [0.2, 0.25) is 0 Å². The van der Waals surface area contributed by atoms with Crippen molar-refractivity contribution in [3.63, 3.8) is 0 Å². The van der Waals surface area contributed by atoms with Gasteiger partial charge in [-0.2, -0.15) is 5.10 Å². The molecular formula is C13H19N5OS. The first-order valence-electron chi connectivity index (χ1n) is 6.60. The lowest BCUT2D eigenvalue weighted by molar-refractivity contribution is 0.249. The Morgan fingerprint density at radius 2 is 2.35 bits per heavy atom. The van der Waals surface area contributed by atoms with Gasteiger partial charge < -0.3 is 5.32 Å². The molecule has 0 aliphatic carbocycles. The average Bonchev–Trinajstić information content (AvgIpc) is 2.98. The number of aromatic nitrogens is 3. The highest BCUT2D eigenvalue weighted by atomic mass is 32.1. The highest BCUT2D eigenvalue weighted by Crippen LogP contribution is 2.18. The third-order valence-corrected chi connectivity index (χ3v) is 3.83. The van der Waals surface area contributed by atoms with E-state index in [4.69, 9.17) is 0 Å². The first kappa shape index (κ1) is 14.5. The maximum atomic E-state index is 11.8. The zero-order valence-corrected chi connectivity index (χ0v) is 12.7. The predicted molar refractivity (Wildman–Crippen MR) is 80.1 cm³/mol. The maximum Gasteiger partial charge on any atom is 0.321 e.